The molecule has 1 fully saturated rings. The van der Waals surface area contributed by atoms with E-state index in [1.165, 1.54) is 12.3 Å². The van der Waals surface area contributed by atoms with Crippen molar-refractivity contribution >= 4 is 11.5 Å². The second-order valence-corrected chi connectivity index (χ2v) is 9.02. The van der Waals surface area contributed by atoms with Crippen molar-refractivity contribution in [2.45, 2.75) is 46.8 Å². The third kappa shape index (κ3) is 4.66. The van der Waals surface area contributed by atoms with Crippen LogP contribution in [0.1, 0.15) is 55.4 Å². The largest absolute Gasteiger partial charge is 0.459 e. The zero-order valence-electron chi connectivity index (χ0n) is 20.1. The highest BCUT2D eigenvalue weighted by molar-refractivity contribution is 5.95. The lowest BCUT2D eigenvalue weighted by molar-refractivity contribution is 0.0376. The van der Waals surface area contributed by atoms with E-state index >= 15 is 0 Å². The first-order chi connectivity index (χ1) is 15.8. The highest BCUT2D eigenvalue weighted by atomic mass is 19.1. The predicted molar refractivity (Wildman–Crippen MR) is 128 cm³/mol. The van der Waals surface area contributed by atoms with Gasteiger partial charge in [-0.3, -0.25) is 4.90 Å². The summed E-state index contributed by atoms with van der Waals surface area (Å²) in [5.41, 5.74) is 4.98. The number of ether oxygens (including phenoxy) is 1. The normalized spacial score (nSPS) is 16.5. The Kier molecular flexibility index (Phi) is 6.81. The maximum Gasteiger partial charge on any atom is 0.338 e. The van der Waals surface area contributed by atoms with E-state index in [9.17, 15) is 9.18 Å². The zero-order chi connectivity index (χ0) is 23.7. The molecule has 1 unspecified atom stereocenters. The van der Waals surface area contributed by atoms with Gasteiger partial charge in [0.15, 0.2) is 0 Å². The van der Waals surface area contributed by atoms with Crippen molar-refractivity contribution in [2.75, 3.05) is 32.7 Å². The van der Waals surface area contributed by atoms with Crippen LogP contribution in [0, 0.1) is 12.9 Å². The molecule has 0 amide bonds. The van der Waals surface area contributed by atoms with Crippen molar-refractivity contribution in [2.24, 2.45) is 0 Å². The van der Waals surface area contributed by atoms with Crippen molar-refractivity contribution in [3.8, 4) is 11.1 Å². The van der Waals surface area contributed by atoms with E-state index in [1.54, 1.807) is 6.07 Å². The highest BCUT2D eigenvalue weighted by Gasteiger charge is 2.27. The summed E-state index contributed by atoms with van der Waals surface area (Å²) in [5, 5.41) is 0. The maximum absolute atomic E-state index is 13.9. The number of likely N-dealkylation sites (N-methyl/N-ethyl adjacent to an activating group) is 1. The molecule has 0 aromatic carbocycles. The van der Waals surface area contributed by atoms with Gasteiger partial charge < -0.3 is 14.0 Å². The van der Waals surface area contributed by atoms with Crippen LogP contribution in [0.25, 0.3) is 16.6 Å². The summed E-state index contributed by atoms with van der Waals surface area (Å²) in [7, 11) is 0. The van der Waals surface area contributed by atoms with Gasteiger partial charge in [0.05, 0.1) is 17.2 Å². The summed E-state index contributed by atoms with van der Waals surface area (Å²) in [4.78, 5) is 21.7. The Hall–Kier alpha value is -2.77. The number of carbonyl (C=O) groups excluding carboxylic acids is 1. The maximum atomic E-state index is 13.9. The molecule has 1 saturated heterocycles. The molecule has 176 valence electrons. The Bertz CT molecular complexity index is 1150. The highest BCUT2D eigenvalue weighted by Crippen LogP contribution is 2.34. The fourth-order valence-corrected chi connectivity index (χ4v) is 4.82. The van der Waals surface area contributed by atoms with E-state index in [-0.39, 0.29) is 18.1 Å². The number of pyridine rings is 2. The minimum Gasteiger partial charge on any atom is -0.459 e. The van der Waals surface area contributed by atoms with Crippen LogP contribution in [0.3, 0.4) is 0 Å². The number of hydrogen-bond donors (Lipinski definition) is 0. The molecule has 3 aromatic rings. The summed E-state index contributed by atoms with van der Waals surface area (Å²) in [6.45, 7) is 15.2. The van der Waals surface area contributed by atoms with Crippen molar-refractivity contribution in [1.82, 2.24) is 19.2 Å². The summed E-state index contributed by atoms with van der Waals surface area (Å²) in [5.74, 6) is -0.858. The van der Waals surface area contributed by atoms with Crippen LogP contribution >= 0.6 is 0 Å². The summed E-state index contributed by atoms with van der Waals surface area (Å²) < 4.78 is 21.6. The molecule has 7 heteroatoms. The van der Waals surface area contributed by atoms with Gasteiger partial charge in [-0.05, 0) is 63.6 Å². The number of rotatable bonds is 6. The van der Waals surface area contributed by atoms with Crippen LogP contribution < -0.4 is 0 Å². The van der Waals surface area contributed by atoms with Crippen molar-refractivity contribution in [3.05, 3.63) is 59.4 Å². The third-order valence-electron chi connectivity index (χ3n) is 6.65. The average molecular weight is 453 g/mol. The van der Waals surface area contributed by atoms with E-state index in [2.05, 4.69) is 33.0 Å². The fourth-order valence-electron chi connectivity index (χ4n) is 4.82. The fraction of sp³-hybridized carbons (Fsp3) is 0.462. The van der Waals surface area contributed by atoms with Crippen molar-refractivity contribution < 1.29 is 13.9 Å². The van der Waals surface area contributed by atoms with Crippen LogP contribution in [0.2, 0.25) is 0 Å². The van der Waals surface area contributed by atoms with E-state index in [0.29, 0.717) is 5.56 Å². The second kappa shape index (κ2) is 9.61. The molecule has 1 atom stereocenters. The molecule has 0 aliphatic carbocycles. The summed E-state index contributed by atoms with van der Waals surface area (Å²) in [6.07, 6.45) is 3.27. The number of halogens is 1. The molecule has 0 bridgehead atoms. The van der Waals surface area contributed by atoms with Crippen molar-refractivity contribution in [3.63, 3.8) is 0 Å². The first-order valence-corrected chi connectivity index (χ1v) is 11.7. The van der Waals surface area contributed by atoms with Gasteiger partial charge in [0.1, 0.15) is 0 Å². The van der Waals surface area contributed by atoms with Gasteiger partial charge in [-0.2, -0.15) is 4.39 Å². The van der Waals surface area contributed by atoms with Crippen LogP contribution in [0.5, 0.6) is 0 Å². The molecule has 33 heavy (non-hydrogen) atoms. The van der Waals surface area contributed by atoms with Gasteiger partial charge in [-0.15, -0.1) is 0 Å². The molecule has 0 N–H and O–H groups in total. The Morgan fingerprint density at radius 3 is 2.52 bits per heavy atom. The molecule has 1 aliphatic heterocycles. The number of piperazine rings is 1. The standard InChI is InChI=1S/C26H33FN4O2/c1-6-29-11-13-30(14-12-29)19(5)25-18(4)22(26(32)33-17(2)3)16-23-21(8-10-31(23)25)20-7-9-28-24(27)15-20/h7-10,15-17,19H,6,11-14H2,1-5H3. The first kappa shape index (κ1) is 23.4. The molecule has 4 heterocycles. The van der Waals surface area contributed by atoms with E-state index in [1.807, 2.05) is 39.1 Å². The molecule has 3 aromatic heterocycles. The van der Waals surface area contributed by atoms with E-state index < -0.39 is 5.95 Å². The lowest BCUT2D eigenvalue weighted by Crippen LogP contribution is -2.47. The number of fused-ring (bicyclic) bond motifs is 1. The Morgan fingerprint density at radius 2 is 1.88 bits per heavy atom. The van der Waals surface area contributed by atoms with Gasteiger partial charge >= 0.3 is 5.97 Å². The number of aromatic nitrogens is 2. The monoisotopic (exact) mass is 452 g/mol. The molecule has 1 aliphatic rings. The second-order valence-electron chi connectivity index (χ2n) is 9.02. The average Bonchev–Trinajstić information content (AvgIpc) is 3.21. The minimum atomic E-state index is -0.527. The van der Waals surface area contributed by atoms with Gasteiger partial charge in [0.2, 0.25) is 5.95 Å². The number of hydrogen-bond acceptors (Lipinski definition) is 5. The smallest absolute Gasteiger partial charge is 0.338 e. The Balaban J connectivity index is 1.85. The minimum absolute atomic E-state index is 0.104. The number of carbonyl (C=O) groups is 1. The van der Waals surface area contributed by atoms with Crippen LogP contribution in [0.15, 0.2) is 36.7 Å². The summed E-state index contributed by atoms with van der Waals surface area (Å²) >= 11 is 0. The number of nitrogens with zero attached hydrogens (tertiary/aromatic N) is 4. The zero-order valence-corrected chi connectivity index (χ0v) is 20.1. The van der Waals surface area contributed by atoms with Gasteiger partial charge in [0, 0.05) is 61.9 Å². The first-order valence-electron chi connectivity index (χ1n) is 11.7. The molecule has 6 nitrogen and oxygen atoms in total. The lowest BCUT2D eigenvalue weighted by Gasteiger charge is -2.38. The lowest BCUT2D eigenvalue weighted by atomic mass is 9.99. The van der Waals surface area contributed by atoms with Crippen LogP contribution in [-0.2, 0) is 4.74 Å². The van der Waals surface area contributed by atoms with E-state index in [0.717, 1.165) is 60.6 Å². The Morgan fingerprint density at radius 1 is 1.15 bits per heavy atom. The van der Waals surface area contributed by atoms with Crippen molar-refractivity contribution in [1.29, 1.82) is 0 Å². The van der Waals surface area contributed by atoms with Crippen LogP contribution in [0.4, 0.5) is 4.39 Å². The predicted octanol–water partition coefficient (Wildman–Crippen LogP) is 4.71. The van der Waals surface area contributed by atoms with Gasteiger partial charge in [0.25, 0.3) is 0 Å². The third-order valence-corrected chi connectivity index (χ3v) is 6.65. The van der Waals surface area contributed by atoms with Gasteiger partial charge in [-0.1, -0.05) is 6.92 Å². The molecule has 0 saturated carbocycles. The Labute approximate surface area is 195 Å². The topological polar surface area (TPSA) is 50.1 Å². The van der Waals surface area contributed by atoms with Gasteiger partial charge in [-0.25, -0.2) is 9.78 Å². The van der Waals surface area contributed by atoms with Crippen LogP contribution in [-0.4, -0.2) is 64.0 Å². The molecular weight excluding hydrogens is 419 g/mol. The molecule has 0 spiro atoms. The SMILES string of the molecule is CCN1CCN(C(C)c2c(C)c(C(=O)OC(C)C)cc3c(-c4ccnc(F)c4)ccn23)CC1. The molecule has 4 rings (SSSR count). The molecular formula is C26H33FN4O2. The van der Waals surface area contributed by atoms with E-state index in [4.69, 9.17) is 4.74 Å². The quantitative estimate of drug-likeness (QED) is 0.400. The molecule has 0 radical (unpaired) electrons. The summed E-state index contributed by atoms with van der Waals surface area (Å²) in [6, 6.07) is 7.17. The number of esters is 1.